The Hall–Kier alpha value is -4.46. The zero-order chi connectivity index (χ0) is 29.9. The number of fused-ring (bicyclic) bond motifs is 1. The molecule has 0 atom stereocenters. The summed E-state index contributed by atoms with van der Waals surface area (Å²) in [6.45, 7) is 0.258. The molecule has 0 radical (unpaired) electrons. The first-order chi connectivity index (χ1) is 20.9. The standard InChI is InChI=1S/C29H21ClF2N6O3S2/c1-39-20-5-3-17(25(10-20)40-2)15-38(29-35-16-36-42-29)43-27-12-22(31)26(11-23(27)32)41-24-6-4-18(30)9-21(24)28-34-14-19-13-33-7-8-37(19)28/h3-14,16H,15H2,1-2H3. The van der Waals surface area contributed by atoms with Crippen LogP contribution in [0, 0.1) is 11.6 Å². The highest BCUT2D eigenvalue weighted by molar-refractivity contribution is 8.00. The van der Waals surface area contributed by atoms with Gasteiger partial charge in [-0.2, -0.15) is 4.37 Å². The van der Waals surface area contributed by atoms with Crippen molar-refractivity contribution in [3.63, 3.8) is 0 Å². The third-order valence-corrected chi connectivity index (χ3v) is 8.37. The molecule has 0 saturated carbocycles. The van der Waals surface area contributed by atoms with E-state index in [1.54, 1.807) is 78.0 Å². The van der Waals surface area contributed by atoms with Gasteiger partial charge in [0.05, 0.1) is 49.1 Å². The number of hydrogen-bond acceptors (Lipinski definition) is 10. The van der Waals surface area contributed by atoms with E-state index in [0.717, 1.165) is 46.7 Å². The summed E-state index contributed by atoms with van der Waals surface area (Å²) in [6.07, 6.45) is 8.05. The molecule has 3 heterocycles. The molecule has 0 spiro atoms. The molecule has 3 aromatic carbocycles. The van der Waals surface area contributed by atoms with E-state index in [1.165, 1.54) is 6.33 Å². The molecule has 218 valence electrons. The van der Waals surface area contributed by atoms with E-state index in [9.17, 15) is 0 Å². The van der Waals surface area contributed by atoms with E-state index >= 15 is 8.78 Å². The van der Waals surface area contributed by atoms with Crippen molar-refractivity contribution in [3.8, 4) is 34.4 Å². The summed E-state index contributed by atoms with van der Waals surface area (Å²) < 4.78 is 55.3. The second-order valence-electron chi connectivity index (χ2n) is 8.94. The summed E-state index contributed by atoms with van der Waals surface area (Å²) >= 11 is 8.38. The lowest BCUT2D eigenvalue weighted by atomic mass is 10.2. The van der Waals surface area contributed by atoms with E-state index in [4.69, 9.17) is 25.8 Å². The predicted molar refractivity (Wildman–Crippen MR) is 161 cm³/mol. The quantitative estimate of drug-likeness (QED) is 0.140. The fourth-order valence-electron chi connectivity index (χ4n) is 4.26. The highest BCUT2D eigenvalue weighted by Crippen LogP contribution is 2.40. The number of methoxy groups -OCH3 is 2. The van der Waals surface area contributed by atoms with Crippen molar-refractivity contribution in [2.24, 2.45) is 0 Å². The van der Waals surface area contributed by atoms with Gasteiger partial charge >= 0.3 is 0 Å². The van der Waals surface area contributed by atoms with Gasteiger partial charge in [-0.25, -0.2) is 18.7 Å². The van der Waals surface area contributed by atoms with Crippen LogP contribution >= 0.6 is 35.1 Å². The number of imidazole rings is 1. The normalized spacial score (nSPS) is 11.1. The Labute approximate surface area is 258 Å². The van der Waals surface area contributed by atoms with Crippen LogP contribution in [0.4, 0.5) is 13.9 Å². The molecule has 0 fully saturated rings. The molecule has 0 aliphatic carbocycles. The molecule has 0 aliphatic rings. The van der Waals surface area contributed by atoms with Crippen LogP contribution < -0.4 is 18.5 Å². The van der Waals surface area contributed by atoms with E-state index < -0.39 is 11.6 Å². The van der Waals surface area contributed by atoms with Crippen LogP contribution in [0.5, 0.6) is 23.0 Å². The van der Waals surface area contributed by atoms with Crippen LogP contribution in [-0.2, 0) is 6.54 Å². The minimum Gasteiger partial charge on any atom is -0.497 e. The average Bonchev–Trinajstić information content (AvgIpc) is 3.71. The molecule has 0 unspecified atom stereocenters. The van der Waals surface area contributed by atoms with E-state index in [1.807, 2.05) is 6.07 Å². The second-order valence-corrected chi connectivity index (χ2v) is 11.2. The monoisotopic (exact) mass is 638 g/mol. The third-order valence-electron chi connectivity index (χ3n) is 6.30. The number of anilines is 1. The third kappa shape index (κ3) is 6.05. The van der Waals surface area contributed by atoms with Gasteiger partial charge in [-0.05, 0) is 48.3 Å². The fraction of sp³-hybridized carbons (Fsp3) is 0.103. The number of halogens is 3. The van der Waals surface area contributed by atoms with Crippen LogP contribution in [0.1, 0.15) is 5.56 Å². The number of ether oxygens (including phenoxy) is 3. The molecule has 3 aromatic heterocycles. The second kappa shape index (κ2) is 12.4. The molecule has 6 rings (SSSR count). The van der Waals surface area contributed by atoms with Gasteiger partial charge in [-0.3, -0.25) is 13.7 Å². The Morgan fingerprint density at radius 3 is 2.63 bits per heavy atom. The molecule has 14 heteroatoms. The summed E-state index contributed by atoms with van der Waals surface area (Å²) in [5, 5.41) is 0.924. The first-order valence-corrected chi connectivity index (χ1v) is 14.5. The minimum absolute atomic E-state index is 0.0237. The van der Waals surface area contributed by atoms with Crippen molar-refractivity contribution in [3.05, 3.63) is 102 Å². The zero-order valence-electron chi connectivity index (χ0n) is 22.6. The molecule has 0 bridgehead atoms. The Kier molecular flexibility index (Phi) is 8.27. The Balaban J connectivity index is 1.30. The Bertz CT molecular complexity index is 1910. The maximum absolute atomic E-state index is 15.6. The number of benzene rings is 3. The summed E-state index contributed by atoms with van der Waals surface area (Å²) in [4.78, 5) is 12.9. The van der Waals surface area contributed by atoms with Gasteiger partial charge in [-0.1, -0.05) is 11.6 Å². The van der Waals surface area contributed by atoms with Crippen LogP contribution in [0.15, 0.2) is 84.5 Å². The highest BCUT2D eigenvalue weighted by Gasteiger charge is 2.22. The van der Waals surface area contributed by atoms with E-state index in [2.05, 4.69) is 19.3 Å². The molecule has 6 aromatic rings. The molecular weight excluding hydrogens is 618 g/mol. The molecule has 0 aliphatic heterocycles. The van der Waals surface area contributed by atoms with Crippen LogP contribution in [0.2, 0.25) is 5.02 Å². The number of rotatable bonds is 10. The Morgan fingerprint density at radius 2 is 1.84 bits per heavy atom. The average molecular weight is 639 g/mol. The van der Waals surface area contributed by atoms with Crippen molar-refractivity contribution >= 4 is 45.7 Å². The van der Waals surface area contributed by atoms with Crippen molar-refractivity contribution in [2.45, 2.75) is 11.4 Å². The maximum atomic E-state index is 15.6. The van der Waals surface area contributed by atoms with Gasteiger partial charge in [0, 0.05) is 46.6 Å². The van der Waals surface area contributed by atoms with Crippen molar-refractivity contribution in [1.29, 1.82) is 0 Å². The molecule has 0 N–H and O–H groups in total. The van der Waals surface area contributed by atoms with E-state index in [0.29, 0.717) is 33.0 Å². The maximum Gasteiger partial charge on any atom is 0.215 e. The zero-order valence-corrected chi connectivity index (χ0v) is 25.0. The fourth-order valence-corrected chi connectivity index (χ4v) is 5.96. The first-order valence-electron chi connectivity index (χ1n) is 12.6. The first kappa shape index (κ1) is 28.6. The van der Waals surface area contributed by atoms with Crippen molar-refractivity contribution in [1.82, 2.24) is 23.7 Å². The summed E-state index contributed by atoms with van der Waals surface area (Å²) in [5.74, 6) is 0.199. The topological polar surface area (TPSA) is 86.9 Å². The SMILES string of the molecule is COc1ccc(CN(Sc2cc(F)c(Oc3ccc(Cl)cc3-c3ncc4cnccn34)cc2F)c2ncns2)c(OC)c1. The smallest absolute Gasteiger partial charge is 0.215 e. The van der Waals surface area contributed by atoms with E-state index in [-0.39, 0.29) is 22.9 Å². The van der Waals surface area contributed by atoms with Crippen LogP contribution in [-0.4, -0.2) is 37.9 Å². The van der Waals surface area contributed by atoms with Crippen molar-refractivity contribution < 1.29 is 23.0 Å². The minimum atomic E-state index is -0.763. The van der Waals surface area contributed by atoms with Gasteiger partial charge in [0.25, 0.3) is 0 Å². The van der Waals surface area contributed by atoms with Gasteiger partial charge < -0.3 is 14.2 Å². The molecule has 9 nitrogen and oxygen atoms in total. The largest absolute Gasteiger partial charge is 0.497 e. The van der Waals surface area contributed by atoms with Gasteiger partial charge in [0.1, 0.15) is 35.2 Å². The lowest BCUT2D eigenvalue weighted by Crippen LogP contribution is -2.15. The molecule has 43 heavy (non-hydrogen) atoms. The lowest BCUT2D eigenvalue weighted by molar-refractivity contribution is 0.391. The predicted octanol–water partition coefficient (Wildman–Crippen LogP) is 7.70. The molecule has 0 amide bonds. The van der Waals surface area contributed by atoms with Crippen LogP contribution in [0.3, 0.4) is 0 Å². The summed E-state index contributed by atoms with van der Waals surface area (Å²) in [7, 11) is 3.11. The lowest BCUT2D eigenvalue weighted by Gasteiger charge is -2.22. The number of nitrogens with zero attached hydrogens (tertiary/aromatic N) is 6. The summed E-state index contributed by atoms with van der Waals surface area (Å²) in [6, 6.07) is 12.3. The molecular formula is C29H21ClF2N6O3S2. The molecule has 0 saturated heterocycles. The van der Waals surface area contributed by atoms with Gasteiger partial charge in [-0.15, -0.1) is 0 Å². The number of aromatic nitrogens is 5. The van der Waals surface area contributed by atoms with Crippen LogP contribution in [0.25, 0.3) is 16.9 Å². The van der Waals surface area contributed by atoms with Gasteiger partial charge in [0.2, 0.25) is 5.13 Å². The Morgan fingerprint density at radius 1 is 0.953 bits per heavy atom. The van der Waals surface area contributed by atoms with Gasteiger partial charge in [0.15, 0.2) is 11.6 Å². The summed E-state index contributed by atoms with van der Waals surface area (Å²) in [5.41, 5.74) is 2.02. The number of hydrogen-bond donors (Lipinski definition) is 0. The highest BCUT2D eigenvalue weighted by atomic mass is 35.5. The van der Waals surface area contributed by atoms with Crippen molar-refractivity contribution in [2.75, 3.05) is 18.5 Å².